The van der Waals surface area contributed by atoms with Gasteiger partial charge in [0.1, 0.15) is 6.10 Å². The van der Waals surface area contributed by atoms with Gasteiger partial charge in [0.05, 0.1) is 13.1 Å². The first kappa shape index (κ1) is 19.0. The summed E-state index contributed by atoms with van der Waals surface area (Å²) in [5, 5.41) is 4.27. The number of piperidine rings is 1. The topological polar surface area (TPSA) is 53.8 Å². The molecule has 2 saturated heterocycles. The van der Waals surface area contributed by atoms with Crippen molar-refractivity contribution >= 4 is 11.8 Å². The number of carbonyl (C=O) groups excluding carboxylic acids is 1. The van der Waals surface area contributed by atoms with E-state index >= 15 is 0 Å². The third-order valence-corrected chi connectivity index (χ3v) is 5.82. The molecule has 1 aromatic carbocycles. The minimum absolute atomic E-state index is 0.0736. The first-order valence-electron chi connectivity index (χ1n) is 10.1. The largest absolute Gasteiger partial charge is 0.443 e. The maximum atomic E-state index is 12.2. The summed E-state index contributed by atoms with van der Waals surface area (Å²) in [4.78, 5) is 18.8. The van der Waals surface area contributed by atoms with Crippen LogP contribution < -0.4 is 4.90 Å². The zero-order valence-electron chi connectivity index (χ0n) is 16.5. The van der Waals surface area contributed by atoms with Gasteiger partial charge >= 0.3 is 6.09 Å². The molecule has 28 heavy (non-hydrogen) atoms. The monoisotopic (exact) mass is 383 g/mol. The van der Waals surface area contributed by atoms with Crippen LogP contribution in [0.15, 0.2) is 48.8 Å². The molecule has 0 bridgehead atoms. The number of amides is 1. The van der Waals surface area contributed by atoms with E-state index in [9.17, 15) is 4.79 Å². The molecule has 0 aliphatic carbocycles. The van der Waals surface area contributed by atoms with E-state index in [-0.39, 0.29) is 12.2 Å². The normalized spacial score (nSPS) is 21.4. The van der Waals surface area contributed by atoms with E-state index in [1.54, 1.807) is 4.90 Å². The van der Waals surface area contributed by atoms with Crippen LogP contribution in [0.25, 0.3) is 0 Å². The number of para-hydroxylation sites is 1. The second kappa shape index (κ2) is 8.75. The van der Waals surface area contributed by atoms with Crippen LogP contribution in [0.5, 0.6) is 0 Å². The number of aromatic nitrogens is 2. The lowest BCUT2D eigenvalue weighted by Gasteiger charge is -2.37. The van der Waals surface area contributed by atoms with Crippen molar-refractivity contribution in [1.29, 1.82) is 0 Å². The number of likely N-dealkylation sites (tertiary alicyclic amines) is 1. The zero-order valence-corrected chi connectivity index (χ0v) is 16.5. The molecule has 1 amide bonds. The molecule has 7 heteroatoms. The highest BCUT2D eigenvalue weighted by atomic mass is 16.6. The SMILES string of the molecule is CN(CC1CN(c2ccccc2)C(=O)O1)C1CCN(CCn2cccn2)CC1. The molecular formula is C21H29N5O2. The predicted molar refractivity (Wildman–Crippen MR) is 108 cm³/mol. The fourth-order valence-electron chi connectivity index (χ4n) is 4.17. The van der Waals surface area contributed by atoms with Gasteiger partial charge < -0.3 is 9.64 Å². The molecule has 2 aromatic rings. The number of rotatable bonds is 7. The van der Waals surface area contributed by atoms with Gasteiger partial charge in [-0.3, -0.25) is 14.5 Å². The number of anilines is 1. The van der Waals surface area contributed by atoms with Gasteiger partial charge in [0, 0.05) is 37.2 Å². The fourth-order valence-corrected chi connectivity index (χ4v) is 4.17. The fraction of sp³-hybridized carbons (Fsp3) is 0.524. The van der Waals surface area contributed by atoms with Gasteiger partial charge in [-0.1, -0.05) is 18.2 Å². The summed E-state index contributed by atoms with van der Waals surface area (Å²) in [6.45, 7) is 5.61. The van der Waals surface area contributed by atoms with Crippen molar-refractivity contribution in [2.75, 3.05) is 44.7 Å². The second-order valence-electron chi connectivity index (χ2n) is 7.73. The molecule has 0 spiro atoms. The number of cyclic esters (lactones) is 1. The predicted octanol–water partition coefficient (Wildman–Crippen LogP) is 2.30. The zero-order chi connectivity index (χ0) is 19.3. The number of ether oxygens (including phenoxy) is 1. The van der Waals surface area contributed by atoms with Crippen LogP contribution in [0, 0.1) is 0 Å². The molecule has 2 aliphatic heterocycles. The van der Waals surface area contributed by atoms with E-state index in [1.165, 1.54) is 0 Å². The highest BCUT2D eigenvalue weighted by Gasteiger charge is 2.34. The molecule has 2 aliphatic rings. The highest BCUT2D eigenvalue weighted by molar-refractivity contribution is 5.89. The van der Waals surface area contributed by atoms with Gasteiger partial charge in [0.25, 0.3) is 0 Å². The summed E-state index contributed by atoms with van der Waals surface area (Å²) >= 11 is 0. The van der Waals surface area contributed by atoms with Gasteiger partial charge in [-0.2, -0.15) is 5.10 Å². The Morgan fingerprint density at radius 3 is 2.64 bits per heavy atom. The van der Waals surface area contributed by atoms with Crippen molar-refractivity contribution in [1.82, 2.24) is 19.6 Å². The maximum absolute atomic E-state index is 12.2. The molecule has 1 atom stereocenters. The van der Waals surface area contributed by atoms with Gasteiger partial charge in [-0.05, 0) is 51.2 Å². The lowest BCUT2D eigenvalue weighted by Crippen LogP contribution is -2.46. The van der Waals surface area contributed by atoms with E-state index in [4.69, 9.17) is 4.74 Å². The summed E-state index contributed by atoms with van der Waals surface area (Å²) < 4.78 is 7.61. The first-order valence-corrected chi connectivity index (χ1v) is 10.1. The Bertz CT molecular complexity index is 743. The molecule has 0 saturated carbocycles. The summed E-state index contributed by atoms with van der Waals surface area (Å²) in [5.74, 6) is 0. The standard InChI is InChI=1S/C21H29N5O2/c1-23(16-20-17-26(21(27)28-20)19-6-3-2-4-7-19)18-8-12-24(13-9-18)14-15-25-11-5-10-22-25/h2-7,10-11,18,20H,8-9,12-17H2,1H3. The minimum atomic E-state index is -0.238. The molecular weight excluding hydrogens is 354 g/mol. The van der Waals surface area contributed by atoms with Crippen molar-refractivity contribution in [3.05, 3.63) is 48.8 Å². The first-order chi connectivity index (χ1) is 13.7. The quantitative estimate of drug-likeness (QED) is 0.734. The van der Waals surface area contributed by atoms with Crippen LogP contribution >= 0.6 is 0 Å². The molecule has 150 valence electrons. The third kappa shape index (κ3) is 4.54. The molecule has 0 radical (unpaired) electrons. The van der Waals surface area contributed by atoms with Crippen LogP contribution in [0.2, 0.25) is 0 Å². The van der Waals surface area contributed by atoms with Gasteiger partial charge in [0.15, 0.2) is 0 Å². The number of nitrogens with zero attached hydrogens (tertiary/aromatic N) is 5. The Morgan fingerprint density at radius 2 is 1.93 bits per heavy atom. The average Bonchev–Trinajstić information content (AvgIpc) is 3.37. The molecule has 2 fully saturated rings. The van der Waals surface area contributed by atoms with E-state index in [0.717, 1.165) is 51.3 Å². The number of hydrogen-bond donors (Lipinski definition) is 0. The Hall–Kier alpha value is -2.38. The van der Waals surface area contributed by atoms with E-state index in [2.05, 4.69) is 21.9 Å². The molecule has 4 rings (SSSR count). The summed E-state index contributed by atoms with van der Waals surface area (Å²) in [6.07, 6.45) is 5.84. The van der Waals surface area contributed by atoms with Crippen molar-refractivity contribution in [3.8, 4) is 0 Å². The van der Waals surface area contributed by atoms with Crippen LogP contribution in [0.4, 0.5) is 10.5 Å². The van der Waals surface area contributed by atoms with Gasteiger partial charge in [-0.15, -0.1) is 0 Å². The molecule has 3 heterocycles. The lowest BCUT2D eigenvalue weighted by atomic mass is 10.0. The Morgan fingerprint density at radius 1 is 1.14 bits per heavy atom. The van der Waals surface area contributed by atoms with E-state index in [0.29, 0.717) is 12.6 Å². The molecule has 1 unspecified atom stereocenters. The van der Waals surface area contributed by atoms with Crippen molar-refractivity contribution in [3.63, 3.8) is 0 Å². The number of hydrogen-bond acceptors (Lipinski definition) is 5. The van der Waals surface area contributed by atoms with Crippen molar-refractivity contribution in [2.24, 2.45) is 0 Å². The van der Waals surface area contributed by atoms with Gasteiger partial charge in [0.2, 0.25) is 0 Å². The van der Waals surface area contributed by atoms with E-state index in [1.807, 2.05) is 53.5 Å². The minimum Gasteiger partial charge on any atom is -0.443 e. The van der Waals surface area contributed by atoms with Crippen LogP contribution in [-0.4, -0.2) is 77.6 Å². The Balaban J connectivity index is 1.21. The average molecular weight is 383 g/mol. The van der Waals surface area contributed by atoms with Crippen LogP contribution in [-0.2, 0) is 11.3 Å². The van der Waals surface area contributed by atoms with Crippen molar-refractivity contribution < 1.29 is 9.53 Å². The Kier molecular flexibility index (Phi) is 5.92. The Labute approximate surface area is 166 Å². The number of carbonyl (C=O) groups is 1. The maximum Gasteiger partial charge on any atom is 0.414 e. The van der Waals surface area contributed by atoms with Crippen LogP contribution in [0.1, 0.15) is 12.8 Å². The third-order valence-electron chi connectivity index (χ3n) is 5.82. The molecule has 7 nitrogen and oxygen atoms in total. The van der Waals surface area contributed by atoms with Crippen LogP contribution in [0.3, 0.4) is 0 Å². The summed E-state index contributed by atoms with van der Waals surface area (Å²) in [7, 11) is 2.16. The smallest absolute Gasteiger partial charge is 0.414 e. The second-order valence-corrected chi connectivity index (χ2v) is 7.73. The lowest BCUT2D eigenvalue weighted by molar-refractivity contribution is 0.0767. The molecule has 1 aromatic heterocycles. The summed E-state index contributed by atoms with van der Waals surface area (Å²) in [5.41, 5.74) is 0.906. The molecule has 0 N–H and O–H groups in total. The van der Waals surface area contributed by atoms with E-state index < -0.39 is 0 Å². The van der Waals surface area contributed by atoms with Crippen molar-refractivity contribution in [2.45, 2.75) is 31.5 Å². The van der Waals surface area contributed by atoms with Gasteiger partial charge in [-0.25, -0.2) is 4.79 Å². The highest BCUT2D eigenvalue weighted by Crippen LogP contribution is 2.23. The number of benzene rings is 1. The summed E-state index contributed by atoms with van der Waals surface area (Å²) in [6, 6.07) is 12.3. The number of likely N-dealkylation sites (N-methyl/N-ethyl adjacent to an activating group) is 1.